The van der Waals surface area contributed by atoms with Crippen molar-refractivity contribution >= 4 is 5.69 Å². The van der Waals surface area contributed by atoms with Crippen molar-refractivity contribution in [1.82, 2.24) is 5.32 Å². The quantitative estimate of drug-likeness (QED) is 0.772. The number of hydrogen-bond donors (Lipinski definition) is 2. The third-order valence-corrected chi connectivity index (χ3v) is 3.56. The van der Waals surface area contributed by atoms with Gasteiger partial charge in [0, 0.05) is 12.1 Å². The Hall–Kier alpha value is -1.09. The summed E-state index contributed by atoms with van der Waals surface area (Å²) in [5, 5.41) is 3.50. The van der Waals surface area contributed by atoms with Crippen LogP contribution in [-0.2, 0) is 6.54 Å². The summed E-state index contributed by atoms with van der Waals surface area (Å²) < 4.78 is 13.2. The summed E-state index contributed by atoms with van der Waals surface area (Å²) in [4.78, 5) is 0. The van der Waals surface area contributed by atoms with Crippen LogP contribution in [-0.4, -0.2) is 5.54 Å². The number of nitrogen functional groups attached to an aromatic ring is 1. The highest BCUT2D eigenvalue weighted by atomic mass is 19.1. The van der Waals surface area contributed by atoms with Gasteiger partial charge in [-0.2, -0.15) is 0 Å². The smallest absolute Gasteiger partial charge is 0.146 e. The number of rotatable bonds is 3. The highest BCUT2D eigenvalue weighted by Crippen LogP contribution is 2.29. The molecular formula is C13H19FN2. The van der Waals surface area contributed by atoms with Gasteiger partial charge in [-0.3, -0.25) is 0 Å². The van der Waals surface area contributed by atoms with E-state index in [0.29, 0.717) is 6.54 Å². The Morgan fingerprint density at radius 3 is 2.75 bits per heavy atom. The summed E-state index contributed by atoms with van der Waals surface area (Å²) in [7, 11) is 0. The Morgan fingerprint density at radius 2 is 2.06 bits per heavy atom. The minimum absolute atomic E-state index is 0.207. The molecule has 1 aromatic carbocycles. The fraction of sp³-hybridized carbons (Fsp3) is 0.538. The van der Waals surface area contributed by atoms with Crippen molar-refractivity contribution < 1.29 is 4.39 Å². The van der Waals surface area contributed by atoms with Crippen molar-refractivity contribution in [3.8, 4) is 0 Å². The van der Waals surface area contributed by atoms with Crippen molar-refractivity contribution in [1.29, 1.82) is 0 Å². The first-order valence-electron chi connectivity index (χ1n) is 5.89. The van der Waals surface area contributed by atoms with Crippen LogP contribution in [0.1, 0.15) is 38.2 Å². The van der Waals surface area contributed by atoms with Gasteiger partial charge in [-0.15, -0.1) is 0 Å². The van der Waals surface area contributed by atoms with Crippen molar-refractivity contribution in [3.05, 3.63) is 29.6 Å². The summed E-state index contributed by atoms with van der Waals surface area (Å²) >= 11 is 0. The van der Waals surface area contributed by atoms with Crippen LogP contribution in [0, 0.1) is 5.82 Å². The van der Waals surface area contributed by atoms with E-state index < -0.39 is 0 Å². The molecule has 0 heterocycles. The highest BCUT2D eigenvalue weighted by Gasteiger charge is 2.27. The Labute approximate surface area is 96.0 Å². The van der Waals surface area contributed by atoms with Crippen molar-refractivity contribution in [3.63, 3.8) is 0 Å². The molecule has 2 rings (SSSR count). The second-order valence-electron chi connectivity index (χ2n) is 4.93. The van der Waals surface area contributed by atoms with Gasteiger partial charge in [-0.25, -0.2) is 4.39 Å². The molecule has 2 nitrogen and oxygen atoms in total. The number of para-hydroxylation sites is 1. The summed E-state index contributed by atoms with van der Waals surface area (Å²) in [5.74, 6) is -0.323. The Morgan fingerprint density at radius 1 is 1.38 bits per heavy atom. The van der Waals surface area contributed by atoms with E-state index in [0.717, 1.165) is 5.56 Å². The molecule has 16 heavy (non-hydrogen) atoms. The molecule has 1 fully saturated rings. The molecule has 1 aliphatic carbocycles. The first kappa shape index (κ1) is 11.4. The fourth-order valence-electron chi connectivity index (χ4n) is 2.38. The lowest BCUT2D eigenvalue weighted by Crippen LogP contribution is -2.38. The number of nitrogens with one attached hydrogen (secondary N) is 1. The molecule has 88 valence electrons. The van der Waals surface area contributed by atoms with Crippen LogP contribution in [0.3, 0.4) is 0 Å². The second-order valence-corrected chi connectivity index (χ2v) is 4.93. The molecule has 0 saturated heterocycles. The van der Waals surface area contributed by atoms with Gasteiger partial charge in [-0.05, 0) is 31.4 Å². The molecule has 1 aliphatic rings. The summed E-state index contributed by atoms with van der Waals surface area (Å²) in [6, 6.07) is 4.99. The van der Waals surface area contributed by atoms with Crippen LogP contribution >= 0.6 is 0 Å². The van der Waals surface area contributed by atoms with Gasteiger partial charge in [0.1, 0.15) is 5.82 Å². The number of hydrogen-bond acceptors (Lipinski definition) is 2. The van der Waals surface area contributed by atoms with E-state index in [4.69, 9.17) is 5.73 Å². The molecule has 0 aliphatic heterocycles. The van der Waals surface area contributed by atoms with Crippen LogP contribution < -0.4 is 11.1 Å². The highest BCUT2D eigenvalue weighted by molar-refractivity contribution is 5.47. The number of nitrogens with two attached hydrogens (primary N) is 1. The number of anilines is 1. The number of halogens is 1. The lowest BCUT2D eigenvalue weighted by molar-refractivity contribution is 0.363. The molecule has 0 aromatic heterocycles. The fourth-order valence-corrected chi connectivity index (χ4v) is 2.38. The predicted molar refractivity (Wildman–Crippen MR) is 64.5 cm³/mol. The molecule has 3 heteroatoms. The van der Waals surface area contributed by atoms with Crippen LogP contribution in [0.5, 0.6) is 0 Å². The van der Waals surface area contributed by atoms with E-state index in [1.807, 2.05) is 6.07 Å². The van der Waals surface area contributed by atoms with Gasteiger partial charge >= 0.3 is 0 Å². The van der Waals surface area contributed by atoms with E-state index in [9.17, 15) is 4.39 Å². The normalized spacial score (nSPS) is 18.9. The van der Waals surface area contributed by atoms with E-state index in [1.54, 1.807) is 6.07 Å². The SMILES string of the molecule is CC1(NCc2cccc(F)c2N)CCCC1. The third kappa shape index (κ3) is 2.35. The molecule has 0 radical (unpaired) electrons. The van der Waals surface area contributed by atoms with Crippen LogP contribution in [0.2, 0.25) is 0 Å². The molecule has 1 saturated carbocycles. The van der Waals surface area contributed by atoms with Gasteiger partial charge in [-0.1, -0.05) is 25.0 Å². The molecule has 0 amide bonds. The minimum Gasteiger partial charge on any atom is -0.396 e. The zero-order chi connectivity index (χ0) is 11.6. The molecule has 0 unspecified atom stereocenters. The minimum atomic E-state index is -0.323. The van der Waals surface area contributed by atoms with Gasteiger partial charge in [0.05, 0.1) is 5.69 Å². The van der Waals surface area contributed by atoms with Gasteiger partial charge in [0.2, 0.25) is 0 Å². The van der Waals surface area contributed by atoms with E-state index in [-0.39, 0.29) is 17.0 Å². The predicted octanol–water partition coefficient (Wildman–Crippen LogP) is 2.83. The van der Waals surface area contributed by atoms with E-state index in [1.165, 1.54) is 31.7 Å². The first-order valence-corrected chi connectivity index (χ1v) is 5.89. The Bertz CT molecular complexity index is 370. The average Bonchev–Trinajstić information content (AvgIpc) is 2.68. The van der Waals surface area contributed by atoms with Crippen molar-refractivity contribution in [2.75, 3.05) is 5.73 Å². The standard InChI is InChI=1S/C13H19FN2/c1-13(7-2-3-8-13)16-9-10-5-4-6-11(14)12(10)15/h4-6,16H,2-3,7-9,15H2,1H3. The summed E-state index contributed by atoms with van der Waals surface area (Å²) in [5.41, 5.74) is 7.03. The number of benzene rings is 1. The van der Waals surface area contributed by atoms with Gasteiger partial charge < -0.3 is 11.1 Å². The molecule has 3 N–H and O–H groups in total. The maximum Gasteiger partial charge on any atom is 0.146 e. The average molecular weight is 222 g/mol. The van der Waals surface area contributed by atoms with Gasteiger partial charge in [0.15, 0.2) is 0 Å². The molecule has 0 atom stereocenters. The summed E-state index contributed by atoms with van der Waals surface area (Å²) in [6.45, 7) is 2.88. The molecule has 0 spiro atoms. The maximum atomic E-state index is 13.2. The van der Waals surface area contributed by atoms with Crippen LogP contribution in [0.15, 0.2) is 18.2 Å². The molecular weight excluding hydrogens is 203 g/mol. The molecule has 0 bridgehead atoms. The maximum absolute atomic E-state index is 13.2. The summed E-state index contributed by atoms with van der Waals surface area (Å²) in [6.07, 6.45) is 4.95. The Balaban J connectivity index is 2.02. The molecule has 1 aromatic rings. The van der Waals surface area contributed by atoms with E-state index in [2.05, 4.69) is 12.2 Å². The third-order valence-electron chi connectivity index (χ3n) is 3.56. The van der Waals surface area contributed by atoms with Crippen molar-refractivity contribution in [2.24, 2.45) is 0 Å². The Kier molecular flexibility index (Phi) is 3.15. The van der Waals surface area contributed by atoms with Gasteiger partial charge in [0.25, 0.3) is 0 Å². The largest absolute Gasteiger partial charge is 0.396 e. The van der Waals surface area contributed by atoms with Crippen molar-refractivity contribution in [2.45, 2.75) is 44.7 Å². The zero-order valence-corrected chi connectivity index (χ0v) is 9.72. The van der Waals surface area contributed by atoms with E-state index >= 15 is 0 Å². The van der Waals surface area contributed by atoms with Crippen LogP contribution in [0.4, 0.5) is 10.1 Å². The lowest BCUT2D eigenvalue weighted by Gasteiger charge is -2.25. The first-order chi connectivity index (χ1) is 7.61. The monoisotopic (exact) mass is 222 g/mol. The van der Waals surface area contributed by atoms with Crippen LogP contribution in [0.25, 0.3) is 0 Å². The lowest BCUT2D eigenvalue weighted by atomic mass is 10.00. The second kappa shape index (κ2) is 4.42. The topological polar surface area (TPSA) is 38.0 Å². The zero-order valence-electron chi connectivity index (χ0n) is 9.72.